The van der Waals surface area contributed by atoms with Crippen molar-refractivity contribution >= 4 is 0 Å². The molecule has 0 radical (unpaired) electrons. The molecule has 10 rings (SSSR count). The highest BCUT2D eigenvalue weighted by atomic mass is 14.9. The molecule has 1 spiro atoms. The van der Waals surface area contributed by atoms with E-state index < -0.39 is 5.41 Å². The van der Waals surface area contributed by atoms with E-state index in [2.05, 4.69) is 147 Å². The van der Waals surface area contributed by atoms with Crippen LogP contribution in [-0.4, -0.2) is 9.97 Å². The van der Waals surface area contributed by atoms with Gasteiger partial charge in [-0.15, -0.1) is 0 Å². The van der Waals surface area contributed by atoms with Crippen LogP contribution in [0.15, 0.2) is 176 Å². The van der Waals surface area contributed by atoms with Gasteiger partial charge >= 0.3 is 0 Å². The van der Waals surface area contributed by atoms with Crippen LogP contribution >= 0.6 is 0 Å². The first-order valence-corrected chi connectivity index (χ1v) is 18.5. The van der Waals surface area contributed by atoms with E-state index in [0.29, 0.717) is 11.4 Å². The van der Waals surface area contributed by atoms with Crippen molar-refractivity contribution in [2.24, 2.45) is 0 Å². The zero-order valence-electron chi connectivity index (χ0n) is 30.1. The van der Waals surface area contributed by atoms with Gasteiger partial charge in [-0.1, -0.05) is 172 Å². The van der Waals surface area contributed by atoms with Crippen molar-refractivity contribution in [1.82, 2.24) is 9.97 Å². The van der Waals surface area contributed by atoms with Crippen molar-refractivity contribution < 1.29 is 0 Å². The van der Waals surface area contributed by atoms with Crippen LogP contribution in [0, 0.1) is 11.3 Å². The number of nitriles is 1. The van der Waals surface area contributed by atoms with Crippen molar-refractivity contribution in [3.63, 3.8) is 0 Å². The molecule has 1 heterocycles. The summed E-state index contributed by atoms with van der Waals surface area (Å²) in [7, 11) is 0. The van der Waals surface area contributed by atoms with Crippen LogP contribution in [0.5, 0.6) is 0 Å². The molecular formula is C51H35N3. The first-order valence-electron chi connectivity index (χ1n) is 18.5. The average Bonchev–Trinajstić information content (AvgIpc) is 3.54. The molecule has 3 heteroatoms. The molecule has 8 aromatic rings. The molecule has 54 heavy (non-hydrogen) atoms. The van der Waals surface area contributed by atoms with Crippen LogP contribution in [0.25, 0.3) is 56.2 Å². The number of aromatic nitrogens is 2. The van der Waals surface area contributed by atoms with Gasteiger partial charge in [-0.3, -0.25) is 0 Å². The van der Waals surface area contributed by atoms with Gasteiger partial charge in [0.2, 0.25) is 0 Å². The third kappa shape index (κ3) is 4.60. The molecule has 0 fully saturated rings. The summed E-state index contributed by atoms with van der Waals surface area (Å²) in [5.41, 5.74) is 17.7. The lowest BCUT2D eigenvalue weighted by Crippen LogP contribution is -2.40. The Morgan fingerprint density at radius 3 is 1.54 bits per heavy atom. The lowest BCUT2D eigenvalue weighted by molar-refractivity contribution is 0.563. The van der Waals surface area contributed by atoms with Gasteiger partial charge in [0, 0.05) is 22.1 Å². The lowest BCUT2D eigenvalue weighted by atomic mass is 9.55. The predicted octanol–water partition coefficient (Wildman–Crippen LogP) is 12.0. The molecule has 0 amide bonds. The van der Waals surface area contributed by atoms with Crippen molar-refractivity contribution in [2.75, 3.05) is 0 Å². The zero-order valence-corrected chi connectivity index (χ0v) is 30.1. The first kappa shape index (κ1) is 31.8. The van der Waals surface area contributed by atoms with Gasteiger partial charge in [0.1, 0.15) is 0 Å². The number of benzene rings is 7. The van der Waals surface area contributed by atoms with Crippen molar-refractivity contribution in [1.29, 1.82) is 5.26 Å². The largest absolute Gasteiger partial charge is 0.228 e. The fourth-order valence-electron chi connectivity index (χ4n) is 9.14. The van der Waals surface area contributed by atoms with Gasteiger partial charge in [-0.25, -0.2) is 9.97 Å². The third-order valence-corrected chi connectivity index (χ3v) is 11.6. The second-order valence-corrected chi connectivity index (χ2v) is 14.8. The summed E-state index contributed by atoms with van der Waals surface area (Å²) in [5.74, 6) is 0.655. The van der Waals surface area contributed by atoms with E-state index in [1.807, 2.05) is 48.5 Å². The van der Waals surface area contributed by atoms with Crippen LogP contribution in [-0.2, 0) is 10.8 Å². The summed E-state index contributed by atoms with van der Waals surface area (Å²) >= 11 is 0. The van der Waals surface area contributed by atoms with E-state index in [4.69, 9.17) is 9.97 Å². The SMILES string of the molecule is CC1(C)c2ccccc2C2(c3ccccc3-c3c(-c4ccc(-c5nc(-c6ccccc6)cc(-c6ccc(C#N)cc6)n5)cc4)cccc32)c2ccccc21. The minimum Gasteiger partial charge on any atom is -0.228 e. The summed E-state index contributed by atoms with van der Waals surface area (Å²) in [6, 6.07) is 64.8. The molecule has 0 bridgehead atoms. The molecule has 0 unspecified atom stereocenters. The molecule has 2 aliphatic rings. The van der Waals surface area contributed by atoms with Gasteiger partial charge in [0.15, 0.2) is 5.82 Å². The Bertz CT molecular complexity index is 2740. The molecule has 254 valence electrons. The maximum absolute atomic E-state index is 9.38. The summed E-state index contributed by atoms with van der Waals surface area (Å²) < 4.78 is 0. The topological polar surface area (TPSA) is 49.6 Å². The Morgan fingerprint density at radius 2 is 0.907 bits per heavy atom. The highest BCUT2D eigenvalue weighted by Crippen LogP contribution is 2.63. The van der Waals surface area contributed by atoms with Crippen LogP contribution < -0.4 is 0 Å². The van der Waals surface area contributed by atoms with Crippen LogP contribution in [0.4, 0.5) is 0 Å². The number of hydrogen-bond donors (Lipinski definition) is 0. The highest BCUT2D eigenvalue weighted by molar-refractivity contribution is 5.96. The molecule has 1 aromatic heterocycles. The Labute approximate surface area is 315 Å². The zero-order chi connectivity index (χ0) is 36.4. The Kier molecular flexibility index (Phi) is 7.12. The number of hydrogen-bond acceptors (Lipinski definition) is 3. The Balaban J connectivity index is 1.14. The van der Waals surface area contributed by atoms with Gasteiger partial charge in [-0.05, 0) is 73.8 Å². The fraction of sp³-hybridized carbons (Fsp3) is 0.0784. The number of rotatable bonds is 4. The maximum Gasteiger partial charge on any atom is 0.160 e. The van der Waals surface area contributed by atoms with Crippen LogP contribution in [0.3, 0.4) is 0 Å². The van der Waals surface area contributed by atoms with E-state index >= 15 is 0 Å². The van der Waals surface area contributed by atoms with E-state index in [9.17, 15) is 5.26 Å². The van der Waals surface area contributed by atoms with E-state index in [1.54, 1.807) is 0 Å². The maximum atomic E-state index is 9.38. The average molecular weight is 690 g/mol. The Hall–Kier alpha value is -6.89. The van der Waals surface area contributed by atoms with Crippen LogP contribution in [0.1, 0.15) is 52.8 Å². The molecule has 2 aliphatic carbocycles. The summed E-state index contributed by atoms with van der Waals surface area (Å²) in [6.07, 6.45) is 0. The van der Waals surface area contributed by atoms with E-state index in [1.165, 1.54) is 50.1 Å². The standard InChI is InChI=1S/C51H35N3/c1-50(2)41-18-8-10-20-43(41)51(44-21-11-9-19-42(44)50)40-17-7-6-15-39(40)48-38(16-12-22-45(48)51)34-27-29-37(30-28-34)49-53-46(35-13-4-3-5-14-35)31-47(54-49)36-25-23-33(32-52)24-26-36/h3-31H,1-2H3. The Morgan fingerprint density at radius 1 is 0.426 bits per heavy atom. The molecule has 7 aromatic carbocycles. The van der Waals surface area contributed by atoms with Gasteiger partial charge < -0.3 is 0 Å². The van der Waals surface area contributed by atoms with Crippen LogP contribution in [0.2, 0.25) is 0 Å². The minimum absolute atomic E-state index is 0.136. The quantitative estimate of drug-likeness (QED) is 0.185. The van der Waals surface area contributed by atoms with Crippen molar-refractivity contribution in [3.05, 3.63) is 215 Å². The second kappa shape index (κ2) is 12.1. The molecule has 0 saturated heterocycles. The fourth-order valence-corrected chi connectivity index (χ4v) is 9.14. The van der Waals surface area contributed by atoms with Crippen molar-refractivity contribution in [3.8, 4) is 62.2 Å². The van der Waals surface area contributed by atoms with Gasteiger partial charge in [-0.2, -0.15) is 5.26 Å². The third-order valence-electron chi connectivity index (χ3n) is 11.6. The normalized spacial score (nSPS) is 14.0. The van der Waals surface area contributed by atoms with E-state index in [-0.39, 0.29) is 5.41 Å². The summed E-state index contributed by atoms with van der Waals surface area (Å²) in [4.78, 5) is 10.1. The highest BCUT2D eigenvalue weighted by Gasteiger charge is 2.53. The molecule has 0 aliphatic heterocycles. The monoisotopic (exact) mass is 689 g/mol. The second-order valence-electron chi connectivity index (χ2n) is 14.8. The smallest absolute Gasteiger partial charge is 0.160 e. The minimum atomic E-state index is -0.432. The summed E-state index contributed by atoms with van der Waals surface area (Å²) in [5, 5.41) is 9.38. The summed E-state index contributed by atoms with van der Waals surface area (Å²) in [6.45, 7) is 4.73. The van der Waals surface area contributed by atoms with E-state index in [0.717, 1.165) is 33.6 Å². The predicted molar refractivity (Wildman–Crippen MR) is 218 cm³/mol. The molecule has 0 atom stereocenters. The van der Waals surface area contributed by atoms with Gasteiger partial charge in [0.05, 0.1) is 28.4 Å². The molecule has 0 saturated carbocycles. The molecule has 0 N–H and O–H groups in total. The van der Waals surface area contributed by atoms with Crippen molar-refractivity contribution in [2.45, 2.75) is 24.7 Å². The van der Waals surface area contributed by atoms with Gasteiger partial charge in [0.25, 0.3) is 0 Å². The molecular weight excluding hydrogens is 655 g/mol. The lowest BCUT2D eigenvalue weighted by Gasteiger charge is -2.46. The molecule has 3 nitrogen and oxygen atoms in total. The first-order chi connectivity index (χ1) is 26.5. The number of fused-ring (bicyclic) bond motifs is 9. The number of nitrogens with zero attached hydrogens (tertiary/aromatic N) is 3.